The highest BCUT2D eigenvalue weighted by Gasteiger charge is 2.27. The lowest BCUT2D eigenvalue weighted by atomic mass is 10.3. The minimum absolute atomic E-state index is 0.0491. The Hall–Kier alpha value is -2.68. The van der Waals surface area contributed by atoms with E-state index in [4.69, 9.17) is 23.2 Å². The van der Waals surface area contributed by atoms with Crippen LogP contribution in [0.15, 0.2) is 71.6 Å². The number of benzene rings is 3. The molecule has 0 fully saturated rings. The van der Waals surface area contributed by atoms with Crippen LogP contribution in [0.1, 0.15) is 0 Å². The van der Waals surface area contributed by atoms with Gasteiger partial charge in [-0.3, -0.25) is 9.10 Å². The maximum absolute atomic E-state index is 13.3. The summed E-state index contributed by atoms with van der Waals surface area (Å²) in [5, 5.41) is 3.03. The van der Waals surface area contributed by atoms with Crippen LogP contribution < -0.4 is 9.62 Å². The van der Waals surface area contributed by atoms with Gasteiger partial charge in [-0.25, -0.2) is 17.2 Å². The summed E-state index contributed by atoms with van der Waals surface area (Å²) in [6, 6.07) is 13.1. The zero-order valence-electron chi connectivity index (χ0n) is 15.2. The highest BCUT2D eigenvalue weighted by molar-refractivity contribution is 7.92. The summed E-state index contributed by atoms with van der Waals surface area (Å²) in [5.74, 6) is -1.90. The largest absolute Gasteiger partial charge is 0.323 e. The summed E-state index contributed by atoms with van der Waals surface area (Å²) in [6.45, 7) is -0.645. The Bertz CT molecular complexity index is 1170. The average molecular weight is 471 g/mol. The lowest BCUT2D eigenvalue weighted by molar-refractivity contribution is -0.114. The molecule has 30 heavy (non-hydrogen) atoms. The molecule has 3 aromatic carbocycles. The first-order valence-electron chi connectivity index (χ1n) is 8.45. The minimum Gasteiger partial charge on any atom is -0.323 e. The standard InChI is InChI=1S/C20H14Cl2F2N2O3S/c21-13-1-10-18(22)19(11-13)25-20(27)12-26(16-6-2-14(23)3-7-16)30(28,29)17-8-4-15(24)5-9-17/h1-11H,12H2,(H,25,27). The number of nitrogens with zero attached hydrogens (tertiary/aromatic N) is 1. The summed E-state index contributed by atoms with van der Waals surface area (Å²) in [7, 11) is -4.27. The Morgan fingerprint density at radius 3 is 2.07 bits per heavy atom. The summed E-state index contributed by atoms with van der Waals surface area (Å²) in [5.41, 5.74) is 0.250. The second-order valence-corrected chi connectivity index (χ2v) is 8.82. The molecule has 0 aliphatic heterocycles. The molecule has 3 aromatic rings. The molecule has 156 valence electrons. The molecule has 0 unspecified atom stereocenters. The minimum atomic E-state index is -4.27. The Morgan fingerprint density at radius 2 is 1.47 bits per heavy atom. The molecule has 0 saturated carbocycles. The van der Waals surface area contributed by atoms with Gasteiger partial charge >= 0.3 is 0 Å². The van der Waals surface area contributed by atoms with Gasteiger partial charge in [-0.15, -0.1) is 0 Å². The number of carbonyl (C=O) groups is 1. The van der Waals surface area contributed by atoms with Crippen molar-refractivity contribution in [2.24, 2.45) is 0 Å². The molecule has 0 spiro atoms. The second-order valence-electron chi connectivity index (χ2n) is 6.11. The molecule has 10 heteroatoms. The van der Waals surface area contributed by atoms with E-state index in [0.29, 0.717) is 5.02 Å². The zero-order valence-corrected chi connectivity index (χ0v) is 17.5. The van der Waals surface area contributed by atoms with Gasteiger partial charge in [0.05, 0.1) is 21.3 Å². The number of halogens is 4. The van der Waals surface area contributed by atoms with Crippen molar-refractivity contribution in [2.45, 2.75) is 4.90 Å². The fourth-order valence-electron chi connectivity index (χ4n) is 2.57. The third kappa shape index (κ3) is 5.08. The van der Waals surface area contributed by atoms with E-state index in [0.717, 1.165) is 40.7 Å². The van der Waals surface area contributed by atoms with Crippen molar-refractivity contribution in [1.29, 1.82) is 0 Å². The Kier molecular flexibility index (Phi) is 6.60. The van der Waals surface area contributed by atoms with E-state index in [2.05, 4.69) is 5.32 Å². The maximum atomic E-state index is 13.3. The van der Waals surface area contributed by atoms with E-state index in [9.17, 15) is 22.0 Å². The van der Waals surface area contributed by atoms with Crippen LogP contribution in [-0.2, 0) is 14.8 Å². The highest BCUT2D eigenvalue weighted by Crippen LogP contribution is 2.27. The Labute approximate surface area is 181 Å². The predicted molar refractivity (Wildman–Crippen MR) is 112 cm³/mol. The van der Waals surface area contributed by atoms with E-state index in [1.54, 1.807) is 0 Å². The number of carbonyl (C=O) groups excluding carboxylic acids is 1. The van der Waals surface area contributed by atoms with Crippen LogP contribution in [0.2, 0.25) is 10.0 Å². The van der Waals surface area contributed by atoms with Crippen LogP contribution in [0.5, 0.6) is 0 Å². The van der Waals surface area contributed by atoms with Gasteiger partial charge in [0.1, 0.15) is 18.2 Å². The van der Waals surface area contributed by atoms with E-state index < -0.39 is 34.1 Å². The Morgan fingerprint density at radius 1 is 0.900 bits per heavy atom. The van der Waals surface area contributed by atoms with Crippen molar-refractivity contribution in [2.75, 3.05) is 16.2 Å². The molecule has 0 heterocycles. The number of hydrogen-bond acceptors (Lipinski definition) is 3. The summed E-state index contributed by atoms with van der Waals surface area (Å²) < 4.78 is 53.6. The quantitative estimate of drug-likeness (QED) is 0.544. The fourth-order valence-corrected chi connectivity index (χ4v) is 4.33. The lowest BCUT2D eigenvalue weighted by Crippen LogP contribution is -2.38. The molecule has 0 aliphatic rings. The fraction of sp³-hybridized carbons (Fsp3) is 0.0500. The van der Waals surface area contributed by atoms with Gasteiger partial charge in [0.15, 0.2) is 0 Å². The van der Waals surface area contributed by atoms with Crippen molar-refractivity contribution in [3.05, 3.63) is 88.4 Å². The average Bonchev–Trinajstić information content (AvgIpc) is 2.70. The summed E-state index contributed by atoms with van der Waals surface area (Å²) in [4.78, 5) is 12.4. The summed E-state index contributed by atoms with van der Waals surface area (Å²) in [6.07, 6.45) is 0. The Balaban J connectivity index is 1.95. The molecule has 0 saturated heterocycles. The van der Waals surface area contributed by atoms with Crippen molar-refractivity contribution in [3.8, 4) is 0 Å². The second kappa shape index (κ2) is 8.99. The van der Waals surface area contributed by atoms with E-state index in [-0.39, 0.29) is 21.3 Å². The van der Waals surface area contributed by atoms with Crippen molar-refractivity contribution in [3.63, 3.8) is 0 Å². The van der Waals surface area contributed by atoms with Crippen molar-refractivity contribution < 1.29 is 22.0 Å². The monoisotopic (exact) mass is 470 g/mol. The highest BCUT2D eigenvalue weighted by atomic mass is 35.5. The number of rotatable bonds is 6. The molecule has 3 rings (SSSR count). The third-order valence-electron chi connectivity index (χ3n) is 4.01. The first kappa shape index (κ1) is 22.0. The molecular weight excluding hydrogens is 457 g/mol. The lowest BCUT2D eigenvalue weighted by Gasteiger charge is -2.24. The first-order valence-corrected chi connectivity index (χ1v) is 10.7. The molecular formula is C20H14Cl2F2N2O3S. The molecule has 0 atom stereocenters. The van der Waals surface area contributed by atoms with Gasteiger partial charge < -0.3 is 5.32 Å². The first-order chi connectivity index (χ1) is 14.2. The topological polar surface area (TPSA) is 66.5 Å². The molecule has 0 aliphatic carbocycles. The van der Waals surface area contributed by atoms with E-state index in [1.807, 2.05) is 0 Å². The van der Waals surface area contributed by atoms with Gasteiger partial charge in [-0.2, -0.15) is 0 Å². The predicted octanol–water partition coefficient (Wildman–Crippen LogP) is 5.11. The molecule has 0 aromatic heterocycles. The van der Waals surface area contributed by atoms with Crippen LogP contribution in [0.4, 0.5) is 20.2 Å². The van der Waals surface area contributed by atoms with Crippen LogP contribution in [-0.4, -0.2) is 20.9 Å². The van der Waals surface area contributed by atoms with Crippen molar-refractivity contribution in [1.82, 2.24) is 0 Å². The number of sulfonamides is 1. The third-order valence-corrected chi connectivity index (χ3v) is 6.36. The van der Waals surface area contributed by atoms with Crippen LogP contribution in [0.3, 0.4) is 0 Å². The number of hydrogen-bond donors (Lipinski definition) is 1. The van der Waals surface area contributed by atoms with Gasteiger partial charge in [0, 0.05) is 5.02 Å². The van der Waals surface area contributed by atoms with E-state index >= 15 is 0 Å². The number of nitrogens with one attached hydrogen (secondary N) is 1. The normalized spacial score (nSPS) is 11.2. The van der Waals surface area contributed by atoms with Crippen molar-refractivity contribution >= 4 is 50.5 Å². The molecule has 0 bridgehead atoms. The van der Waals surface area contributed by atoms with Gasteiger partial charge in [-0.05, 0) is 66.7 Å². The molecule has 5 nitrogen and oxygen atoms in total. The molecule has 1 N–H and O–H groups in total. The number of amides is 1. The van der Waals surface area contributed by atoms with Gasteiger partial charge in [-0.1, -0.05) is 23.2 Å². The van der Waals surface area contributed by atoms with Gasteiger partial charge in [0.25, 0.3) is 10.0 Å². The van der Waals surface area contributed by atoms with Gasteiger partial charge in [0.2, 0.25) is 5.91 Å². The number of anilines is 2. The SMILES string of the molecule is O=C(CN(c1ccc(F)cc1)S(=O)(=O)c1ccc(F)cc1)Nc1cc(Cl)ccc1Cl. The zero-order chi connectivity index (χ0) is 21.9. The molecule has 1 amide bonds. The van der Waals surface area contributed by atoms with Crippen LogP contribution >= 0.6 is 23.2 Å². The van der Waals surface area contributed by atoms with E-state index in [1.165, 1.54) is 30.3 Å². The summed E-state index contributed by atoms with van der Waals surface area (Å²) >= 11 is 11.9. The van der Waals surface area contributed by atoms with Crippen LogP contribution in [0.25, 0.3) is 0 Å². The van der Waals surface area contributed by atoms with Crippen LogP contribution in [0, 0.1) is 11.6 Å². The maximum Gasteiger partial charge on any atom is 0.264 e. The smallest absolute Gasteiger partial charge is 0.264 e. The molecule has 0 radical (unpaired) electrons.